The molecule has 0 aliphatic carbocycles. The zero-order chi connectivity index (χ0) is 25.6. The van der Waals surface area contributed by atoms with Crippen molar-refractivity contribution in [2.45, 2.75) is 11.3 Å². The summed E-state index contributed by atoms with van der Waals surface area (Å²) in [5.41, 5.74) is 0.304. The van der Waals surface area contributed by atoms with E-state index in [0.29, 0.717) is 64.0 Å². The summed E-state index contributed by atoms with van der Waals surface area (Å²) in [6.45, 7) is 3.22. The van der Waals surface area contributed by atoms with Gasteiger partial charge in [0.2, 0.25) is 26.0 Å². The lowest BCUT2D eigenvalue weighted by molar-refractivity contribution is 0.0730. The van der Waals surface area contributed by atoms with E-state index in [1.807, 2.05) is 4.90 Å². The first-order valence-corrected chi connectivity index (χ1v) is 14.8. The van der Waals surface area contributed by atoms with Crippen molar-refractivity contribution in [2.75, 3.05) is 69.7 Å². The third-order valence-electron chi connectivity index (χ3n) is 6.06. The molecule has 0 spiro atoms. The zero-order valence-electron chi connectivity index (χ0n) is 19.8. The number of nitrogens with one attached hydrogen (secondary N) is 1. The first-order valence-electron chi connectivity index (χ1n) is 11.7. The van der Waals surface area contributed by atoms with E-state index in [1.54, 1.807) is 18.5 Å². The number of carbonyl (C=O) groups excluding carboxylic acids is 1. The fourth-order valence-electron chi connectivity index (χ4n) is 4.02. The van der Waals surface area contributed by atoms with E-state index in [9.17, 15) is 21.6 Å². The third-order valence-corrected chi connectivity index (χ3v) is 9.93. The molecule has 1 amide bonds. The van der Waals surface area contributed by atoms with Crippen molar-refractivity contribution in [1.82, 2.24) is 23.9 Å². The minimum atomic E-state index is -3.63. The number of piperazine rings is 1. The maximum Gasteiger partial charge on any atom is 0.251 e. The van der Waals surface area contributed by atoms with Crippen LogP contribution in [0.5, 0.6) is 0 Å². The van der Waals surface area contributed by atoms with E-state index < -0.39 is 20.0 Å². The van der Waals surface area contributed by atoms with Crippen LogP contribution in [0.3, 0.4) is 0 Å². The first kappa shape index (κ1) is 26.4. The minimum absolute atomic E-state index is 0.0775. The predicted molar refractivity (Wildman–Crippen MR) is 133 cm³/mol. The van der Waals surface area contributed by atoms with Gasteiger partial charge in [-0.25, -0.2) is 26.8 Å². The van der Waals surface area contributed by atoms with Crippen LogP contribution in [0.25, 0.3) is 0 Å². The third kappa shape index (κ3) is 6.37. The largest absolute Gasteiger partial charge is 0.379 e. The number of aromatic nitrogens is 2. The standard InChI is InChI=1S/C22H30N6O6S2/c29-21(19-3-5-20(6-4-19)36(32,33)28-14-16-34-17-15-28)23-9-2-18-35(30,31)27-12-10-26(11-13-27)22-24-7-1-8-25-22/h1,3-8H,2,9-18H2,(H,23,29). The number of carbonyl (C=O) groups is 1. The molecule has 196 valence electrons. The summed E-state index contributed by atoms with van der Waals surface area (Å²) in [5.74, 6) is 0.120. The van der Waals surface area contributed by atoms with E-state index >= 15 is 0 Å². The molecule has 12 nitrogen and oxygen atoms in total. The van der Waals surface area contributed by atoms with E-state index in [0.717, 1.165) is 0 Å². The molecular weight excluding hydrogens is 508 g/mol. The molecule has 0 saturated carbocycles. The fraction of sp³-hybridized carbons (Fsp3) is 0.500. The van der Waals surface area contributed by atoms with E-state index in [2.05, 4.69) is 15.3 Å². The topological polar surface area (TPSA) is 142 Å². The molecule has 4 rings (SSSR count). The average molecular weight is 539 g/mol. The first-order chi connectivity index (χ1) is 17.3. The van der Waals surface area contributed by atoms with E-state index in [-0.39, 0.29) is 29.5 Å². The Bertz CT molecular complexity index is 1230. The number of benzene rings is 1. The number of hydrogen-bond acceptors (Lipinski definition) is 9. The van der Waals surface area contributed by atoms with Crippen molar-refractivity contribution in [3.63, 3.8) is 0 Å². The Balaban J connectivity index is 1.22. The molecule has 3 heterocycles. The van der Waals surface area contributed by atoms with Crippen molar-refractivity contribution >= 4 is 31.9 Å². The molecule has 0 atom stereocenters. The Kier molecular flexibility index (Phi) is 8.51. The van der Waals surface area contributed by atoms with Crippen LogP contribution in [0.15, 0.2) is 47.6 Å². The molecule has 2 saturated heterocycles. The van der Waals surface area contributed by atoms with Crippen LogP contribution in [-0.2, 0) is 24.8 Å². The summed E-state index contributed by atoms with van der Waals surface area (Å²) in [4.78, 5) is 22.9. The van der Waals surface area contributed by atoms with Gasteiger partial charge in [-0.2, -0.15) is 8.61 Å². The number of sulfonamides is 2. The van der Waals surface area contributed by atoms with E-state index in [1.165, 1.54) is 32.9 Å². The van der Waals surface area contributed by atoms with Gasteiger partial charge < -0.3 is 15.0 Å². The molecule has 1 aromatic heterocycles. The van der Waals surface area contributed by atoms with Crippen LogP contribution < -0.4 is 10.2 Å². The number of morpholine rings is 1. The van der Waals surface area contributed by atoms with Gasteiger partial charge in [-0.05, 0) is 36.8 Å². The Morgan fingerprint density at radius 3 is 2.17 bits per heavy atom. The highest BCUT2D eigenvalue weighted by Gasteiger charge is 2.28. The molecule has 1 aromatic carbocycles. The number of hydrogen-bond donors (Lipinski definition) is 1. The van der Waals surface area contributed by atoms with Crippen LogP contribution in [-0.4, -0.2) is 106 Å². The number of amides is 1. The lowest BCUT2D eigenvalue weighted by Gasteiger charge is -2.33. The molecule has 2 aliphatic heterocycles. The molecule has 2 fully saturated rings. The van der Waals surface area contributed by atoms with Crippen LogP contribution in [0.4, 0.5) is 5.95 Å². The SMILES string of the molecule is O=C(NCCCS(=O)(=O)N1CCN(c2ncccn2)CC1)c1ccc(S(=O)(=O)N2CCOCC2)cc1. The van der Waals surface area contributed by atoms with Crippen LogP contribution >= 0.6 is 0 Å². The quantitative estimate of drug-likeness (QED) is 0.428. The molecule has 0 unspecified atom stereocenters. The van der Waals surface area contributed by atoms with E-state index in [4.69, 9.17) is 4.74 Å². The summed E-state index contributed by atoms with van der Waals surface area (Å²) in [6.07, 6.45) is 3.57. The number of rotatable bonds is 9. The van der Waals surface area contributed by atoms with Gasteiger partial charge in [0.05, 0.1) is 23.9 Å². The Hall–Kier alpha value is -2.65. The van der Waals surface area contributed by atoms with Gasteiger partial charge in [0, 0.05) is 63.8 Å². The zero-order valence-corrected chi connectivity index (χ0v) is 21.5. The van der Waals surface area contributed by atoms with Crippen LogP contribution in [0, 0.1) is 0 Å². The molecule has 2 aliphatic rings. The van der Waals surface area contributed by atoms with Gasteiger partial charge in [-0.1, -0.05) is 0 Å². The molecule has 14 heteroatoms. The highest BCUT2D eigenvalue weighted by molar-refractivity contribution is 7.89. The highest BCUT2D eigenvalue weighted by Crippen LogP contribution is 2.18. The minimum Gasteiger partial charge on any atom is -0.379 e. The normalized spacial score (nSPS) is 18.2. The van der Waals surface area contributed by atoms with Gasteiger partial charge in [0.25, 0.3) is 5.91 Å². The van der Waals surface area contributed by atoms with Crippen LogP contribution in [0.2, 0.25) is 0 Å². The van der Waals surface area contributed by atoms with Crippen molar-refractivity contribution in [1.29, 1.82) is 0 Å². The number of ether oxygens (including phenoxy) is 1. The molecule has 36 heavy (non-hydrogen) atoms. The lowest BCUT2D eigenvalue weighted by Crippen LogP contribution is -2.49. The summed E-state index contributed by atoms with van der Waals surface area (Å²) in [5, 5.41) is 2.70. The predicted octanol–water partition coefficient (Wildman–Crippen LogP) is -0.231. The molecular formula is C22H30N6O6S2. The second kappa shape index (κ2) is 11.6. The van der Waals surface area contributed by atoms with Crippen molar-refractivity contribution in [3.8, 4) is 0 Å². The van der Waals surface area contributed by atoms with Crippen molar-refractivity contribution < 1.29 is 26.4 Å². The van der Waals surface area contributed by atoms with Gasteiger partial charge in [-0.15, -0.1) is 0 Å². The summed E-state index contributed by atoms with van der Waals surface area (Å²) in [6, 6.07) is 7.45. The monoisotopic (exact) mass is 538 g/mol. The van der Waals surface area contributed by atoms with Crippen LogP contribution in [0.1, 0.15) is 16.8 Å². The second-order valence-corrected chi connectivity index (χ2v) is 12.4. The molecule has 2 aromatic rings. The molecule has 0 radical (unpaired) electrons. The number of anilines is 1. The maximum atomic E-state index is 12.7. The molecule has 0 bridgehead atoms. The van der Waals surface area contributed by atoms with Gasteiger partial charge >= 0.3 is 0 Å². The second-order valence-electron chi connectivity index (χ2n) is 8.40. The average Bonchev–Trinajstić information content (AvgIpc) is 2.92. The van der Waals surface area contributed by atoms with Crippen molar-refractivity contribution in [2.24, 2.45) is 0 Å². The number of nitrogens with zero attached hydrogens (tertiary/aromatic N) is 5. The van der Waals surface area contributed by atoms with Gasteiger partial charge in [0.15, 0.2) is 0 Å². The summed E-state index contributed by atoms with van der Waals surface area (Å²) < 4.78 is 58.8. The Labute approximate surface area is 211 Å². The lowest BCUT2D eigenvalue weighted by atomic mass is 10.2. The van der Waals surface area contributed by atoms with Crippen molar-refractivity contribution in [3.05, 3.63) is 48.3 Å². The molecule has 1 N–H and O–H groups in total. The van der Waals surface area contributed by atoms with Gasteiger partial charge in [0.1, 0.15) is 0 Å². The van der Waals surface area contributed by atoms with Gasteiger partial charge in [-0.3, -0.25) is 4.79 Å². The maximum absolute atomic E-state index is 12.7. The smallest absolute Gasteiger partial charge is 0.251 e. The summed E-state index contributed by atoms with van der Waals surface area (Å²) in [7, 11) is -7.08. The Morgan fingerprint density at radius 2 is 1.53 bits per heavy atom. The Morgan fingerprint density at radius 1 is 0.889 bits per heavy atom. The fourth-order valence-corrected chi connectivity index (χ4v) is 6.92. The summed E-state index contributed by atoms with van der Waals surface area (Å²) >= 11 is 0. The highest BCUT2D eigenvalue weighted by atomic mass is 32.2.